The van der Waals surface area contributed by atoms with E-state index in [-0.39, 0.29) is 5.97 Å². The van der Waals surface area contributed by atoms with E-state index in [1.165, 1.54) is 30.4 Å². The SMILES string of the molecule is COC(=O)[C@@H](OC(C)(C)C)c1c(C)nc2cc(C)sc2c1I.COC(=O)c1sc(C)cc1N.[B]I. The van der Waals surface area contributed by atoms with Gasteiger partial charge in [-0.2, -0.15) is 22.4 Å². The van der Waals surface area contributed by atoms with E-state index in [1.807, 2.05) is 34.6 Å². The van der Waals surface area contributed by atoms with Gasteiger partial charge in [0.1, 0.15) is 4.88 Å². The summed E-state index contributed by atoms with van der Waals surface area (Å²) in [5.41, 5.74) is 12.6. The number of anilines is 1. The smallest absolute Gasteiger partial charge is 0.350 e. The molecule has 0 amide bonds. The van der Waals surface area contributed by atoms with Gasteiger partial charge in [0, 0.05) is 24.6 Å². The number of esters is 2. The minimum absolute atomic E-state index is 0.361. The van der Waals surface area contributed by atoms with Crippen LogP contribution in [0.4, 0.5) is 5.69 Å². The summed E-state index contributed by atoms with van der Waals surface area (Å²) in [5.74, 6) is -0.758. The number of hydrogen-bond acceptors (Lipinski definition) is 9. The Morgan fingerprint density at radius 3 is 2.09 bits per heavy atom. The van der Waals surface area contributed by atoms with Gasteiger partial charge in [0.2, 0.25) is 0 Å². The standard InChI is InChI=1S/C16H20INO3S.C7H9NO2S.BI/c1-8-7-10-14(22-8)12(17)11(9(2)18-10)13(15(19)20-6)21-16(3,4)5;1-4-3-5(8)6(11-4)7(9)10-2;1-2/h7,13H,1-6H3;3H,8H2,1-2H3;/t13-;;/m0../s1. The second-order valence-corrected chi connectivity index (χ2v) is 11.9. The molecule has 0 unspecified atom stereocenters. The van der Waals surface area contributed by atoms with Gasteiger partial charge in [-0.15, -0.1) is 22.7 Å². The van der Waals surface area contributed by atoms with Crippen molar-refractivity contribution in [3.8, 4) is 0 Å². The van der Waals surface area contributed by atoms with E-state index in [0.29, 0.717) is 10.6 Å². The summed E-state index contributed by atoms with van der Waals surface area (Å²) in [6.45, 7) is 11.6. The maximum absolute atomic E-state index is 12.3. The fourth-order valence-corrected chi connectivity index (χ4v) is 6.07. The minimum Gasteiger partial charge on any atom is -0.467 e. The molecule has 0 aliphatic rings. The van der Waals surface area contributed by atoms with Crippen molar-refractivity contribution >= 4 is 101 Å². The van der Waals surface area contributed by atoms with Crippen LogP contribution < -0.4 is 5.73 Å². The molecule has 0 aromatic carbocycles. The maximum Gasteiger partial charge on any atom is 0.350 e. The van der Waals surface area contributed by atoms with Gasteiger partial charge in [0.25, 0.3) is 0 Å². The highest BCUT2D eigenvalue weighted by molar-refractivity contribution is 14.1. The number of methoxy groups -OCH3 is 2. The van der Waals surface area contributed by atoms with E-state index in [2.05, 4.69) is 51.0 Å². The number of aryl methyl sites for hydroxylation is 3. The molecule has 2 radical (unpaired) electrons. The highest BCUT2D eigenvalue weighted by Crippen LogP contribution is 2.37. The van der Waals surface area contributed by atoms with Crippen LogP contribution in [0.15, 0.2) is 12.1 Å². The molecule has 35 heavy (non-hydrogen) atoms. The van der Waals surface area contributed by atoms with Crippen LogP contribution in [-0.2, 0) is 19.0 Å². The monoisotopic (exact) mass is 742 g/mol. The summed E-state index contributed by atoms with van der Waals surface area (Å²) >= 11 is 6.95. The van der Waals surface area contributed by atoms with Gasteiger partial charge in [-0.25, -0.2) is 9.59 Å². The normalized spacial score (nSPS) is 11.6. The number of aromatic nitrogens is 1. The van der Waals surface area contributed by atoms with Gasteiger partial charge in [0.05, 0.1) is 35.7 Å². The number of rotatable bonds is 4. The van der Waals surface area contributed by atoms with Crippen LogP contribution >= 0.6 is 67.6 Å². The number of thiophene rings is 2. The summed E-state index contributed by atoms with van der Waals surface area (Å²) in [7, 11) is 2.72. The highest BCUT2D eigenvalue weighted by Gasteiger charge is 2.32. The number of nitrogens with zero attached hydrogens (tertiary/aromatic N) is 1. The van der Waals surface area contributed by atoms with E-state index in [4.69, 9.17) is 15.2 Å². The first kappa shape index (κ1) is 32.1. The predicted octanol–water partition coefficient (Wildman–Crippen LogP) is 6.48. The molecule has 0 spiro atoms. The number of carbonyl (C=O) groups excluding carboxylic acids is 2. The van der Waals surface area contributed by atoms with Gasteiger partial charge in [0.15, 0.2) is 11.8 Å². The third-order valence-electron chi connectivity index (χ3n) is 4.35. The molecule has 0 fully saturated rings. The molecular weight excluding hydrogens is 713 g/mol. The van der Waals surface area contributed by atoms with Crippen molar-refractivity contribution in [2.75, 3.05) is 20.0 Å². The number of fused-ring (bicyclic) bond motifs is 1. The Labute approximate surface area is 242 Å². The number of ether oxygens (including phenoxy) is 3. The Morgan fingerprint density at radius 2 is 1.63 bits per heavy atom. The van der Waals surface area contributed by atoms with Crippen molar-refractivity contribution in [3.05, 3.63) is 41.6 Å². The Morgan fingerprint density at radius 1 is 1.06 bits per heavy atom. The van der Waals surface area contributed by atoms with Gasteiger partial charge in [-0.1, -0.05) is 0 Å². The molecule has 3 aromatic heterocycles. The number of pyridine rings is 1. The lowest BCUT2D eigenvalue weighted by molar-refractivity contribution is -0.164. The summed E-state index contributed by atoms with van der Waals surface area (Å²) in [6.07, 6.45) is -0.767. The van der Waals surface area contributed by atoms with Crippen molar-refractivity contribution in [1.29, 1.82) is 0 Å². The lowest BCUT2D eigenvalue weighted by atomic mass is 10.1. The van der Waals surface area contributed by atoms with E-state index in [1.54, 1.807) is 39.8 Å². The maximum atomic E-state index is 12.3. The molecule has 3 aromatic rings. The van der Waals surface area contributed by atoms with Gasteiger partial charge in [-0.3, -0.25) is 4.98 Å². The molecule has 7 nitrogen and oxygen atoms in total. The lowest BCUT2D eigenvalue weighted by Gasteiger charge is -2.27. The van der Waals surface area contributed by atoms with Crippen LogP contribution in [0.1, 0.15) is 57.6 Å². The number of nitrogen functional groups attached to an aromatic ring is 1. The fraction of sp³-hybridized carbons (Fsp3) is 0.435. The molecule has 12 heteroatoms. The predicted molar refractivity (Wildman–Crippen MR) is 162 cm³/mol. The molecule has 3 heterocycles. The molecule has 190 valence electrons. The van der Waals surface area contributed by atoms with Crippen LogP contribution in [0.5, 0.6) is 0 Å². The number of nitrogens with two attached hydrogens (primary N) is 1. The Balaban J connectivity index is 0.000000395. The average Bonchev–Trinajstić information content (AvgIpc) is 3.33. The second-order valence-electron chi connectivity index (χ2n) is 8.26. The third kappa shape index (κ3) is 8.83. The van der Waals surface area contributed by atoms with Crippen molar-refractivity contribution in [3.63, 3.8) is 0 Å². The molecule has 0 aliphatic carbocycles. The van der Waals surface area contributed by atoms with Crippen molar-refractivity contribution in [1.82, 2.24) is 4.98 Å². The zero-order valence-electron chi connectivity index (χ0n) is 20.9. The van der Waals surface area contributed by atoms with Crippen LogP contribution in [0, 0.1) is 24.3 Å². The molecular formula is C23H29BI2N2O5S2. The molecule has 1 atom stereocenters. The van der Waals surface area contributed by atoms with Gasteiger partial charge < -0.3 is 19.9 Å². The van der Waals surface area contributed by atoms with Crippen LogP contribution in [-0.4, -0.2) is 42.4 Å². The molecule has 0 saturated carbocycles. The number of carbonyl (C=O) groups is 2. The summed E-state index contributed by atoms with van der Waals surface area (Å²) < 4.78 is 17.5. The molecule has 0 aliphatic heterocycles. The first-order chi connectivity index (χ1) is 16.3. The lowest BCUT2D eigenvalue weighted by Crippen LogP contribution is -2.29. The molecule has 0 saturated heterocycles. The van der Waals surface area contributed by atoms with Gasteiger partial charge >= 0.3 is 11.9 Å². The molecule has 2 N–H and O–H groups in total. The highest BCUT2D eigenvalue weighted by atomic mass is 127. The number of hydrogen-bond donors (Lipinski definition) is 1. The van der Waals surface area contributed by atoms with Gasteiger partial charge in [-0.05, 0) is 76.3 Å². The quantitative estimate of drug-likeness (QED) is 0.186. The largest absolute Gasteiger partial charge is 0.467 e. The minimum atomic E-state index is -0.767. The van der Waals surface area contributed by atoms with Crippen molar-refractivity contribution in [2.24, 2.45) is 0 Å². The topological polar surface area (TPSA) is 101 Å². The Hall–Kier alpha value is -0.965. The second kappa shape index (κ2) is 14.1. The number of halogens is 2. The van der Waals surface area contributed by atoms with Crippen LogP contribution in [0.3, 0.4) is 0 Å². The Bertz CT molecular complexity index is 1180. The fourth-order valence-electron chi connectivity index (χ4n) is 3.04. The zero-order valence-corrected chi connectivity index (χ0v) is 26.9. The van der Waals surface area contributed by atoms with Crippen molar-refractivity contribution < 1.29 is 23.8 Å². The first-order valence-corrected chi connectivity index (χ1v) is 14.2. The van der Waals surface area contributed by atoms with E-state index in [0.717, 1.165) is 29.9 Å². The van der Waals surface area contributed by atoms with E-state index < -0.39 is 17.7 Å². The zero-order chi connectivity index (χ0) is 27.1. The summed E-state index contributed by atoms with van der Waals surface area (Å²) in [5, 5.41) is 0. The van der Waals surface area contributed by atoms with Crippen LogP contribution in [0.25, 0.3) is 10.2 Å². The van der Waals surface area contributed by atoms with Crippen LogP contribution in [0.2, 0.25) is 0 Å². The average molecular weight is 742 g/mol. The third-order valence-corrected chi connectivity index (χ3v) is 7.94. The molecule has 3 rings (SSSR count). The molecule has 0 bridgehead atoms. The van der Waals surface area contributed by atoms with E-state index >= 15 is 0 Å². The first-order valence-electron chi connectivity index (χ1n) is 10.3. The summed E-state index contributed by atoms with van der Waals surface area (Å²) in [6, 6.07) is 3.83. The van der Waals surface area contributed by atoms with E-state index in [9.17, 15) is 9.59 Å². The summed E-state index contributed by atoms with van der Waals surface area (Å²) in [4.78, 5) is 30.6. The van der Waals surface area contributed by atoms with Crippen molar-refractivity contribution in [2.45, 2.75) is 53.2 Å². The Kier molecular flexibility index (Phi) is 12.9.